The zero-order chi connectivity index (χ0) is 21.3. The van der Waals surface area contributed by atoms with E-state index in [2.05, 4.69) is 10.4 Å². The number of aromatic nitrogens is 2. The van der Waals surface area contributed by atoms with Crippen LogP contribution >= 0.6 is 0 Å². The molecule has 1 heterocycles. The highest BCUT2D eigenvalue weighted by atomic mass is 19.1. The SMILES string of the molecule is Cc1ccc(-n2nc(-c3ccccc3F)cc2C(=O)Nc2ccccc2F)c(C)c1. The van der Waals surface area contributed by atoms with Gasteiger partial charge in [0.2, 0.25) is 0 Å². The Bertz CT molecular complexity index is 1250. The Morgan fingerprint density at radius 1 is 0.900 bits per heavy atom. The Hall–Kier alpha value is -3.80. The standard InChI is InChI=1S/C24H19F2N3O/c1-15-11-12-22(16(2)13-15)29-23(24(30)27-20-10-6-5-9-19(20)26)14-21(28-29)17-7-3-4-8-18(17)25/h3-14H,1-2H3,(H,27,30). The molecule has 0 spiro atoms. The number of anilines is 1. The Balaban J connectivity index is 1.84. The van der Waals surface area contributed by atoms with Crippen LogP contribution in [-0.4, -0.2) is 15.7 Å². The summed E-state index contributed by atoms with van der Waals surface area (Å²) in [5.41, 5.74) is 3.47. The van der Waals surface area contributed by atoms with Crippen LogP contribution in [-0.2, 0) is 0 Å². The predicted octanol–water partition coefficient (Wildman–Crippen LogP) is 5.69. The van der Waals surface area contributed by atoms with E-state index in [1.54, 1.807) is 30.3 Å². The van der Waals surface area contributed by atoms with Crippen LogP contribution in [0.4, 0.5) is 14.5 Å². The van der Waals surface area contributed by atoms with Gasteiger partial charge in [-0.05, 0) is 55.8 Å². The monoisotopic (exact) mass is 403 g/mol. The number of nitrogens with one attached hydrogen (secondary N) is 1. The van der Waals surface area contributed by atoms with E-state index in [4.69, 9.17) is 0 Å². The van der Waals surface area contributed by atoms with Crippen molar-refractivity contribution >= 4 is 11.6 Å². The van der Waals surface area contributed by atoms with Gasteiger partial charge in [0.05, 0.1) is 17.1 Å². The fraction of sp³-hybridized carbons (Fsp3) is 0.0833. The van der Waals surface area contributed by atoms with Gasteiger partial charge >= 0.3 is 0 Å². The molecule has 0 radical (unpaired) electrons. The highest BCUT2D eigenvalue weighted by molar-refractivity contribution is 6.04. The normalized spacial score (nSPS) is 10.8. The Labute approximate surface area is 172 Å². The molecule has 0 aliphatic carbocycles. The Morgan fingerprint density at radius 3 is 2.30 bits per heavy atom. The van der Waals surface area contributed by atoms with E-state index in [0.29, 0.717) is 11.4 Å². The van der Waals surface area contributed by atoms with Gasteiger partial charge in [-0.2, -0.15) is 5.10 Å². The molecule has 4 rings (SSSR count). The molecule has 6 heteroatoms. The summed E-state index contributed by atoms with van der Waals surface area (Å²) in [5.74, 6) is -1.53. The van der Waals surface area contributed by atoms with Crippen LogP contribution in [0, 0.1) is 25.5 Å². The summed E-state index contributed by atoms with van der Waals surface area (Å²) in [4.78, 5) is 13.0. The number of hydrogen-bond acceptors (Lipinski definition) is 2. The largest absolute Gasteiger partial charge is 0.318 e. The quantitative estimate of drug-likeness (QED) is 0.476. The molecule has 0 aliphatic rings. The van der Waals surface area contributed by atoms with E-state index in [-0.39, 0.29) is 16.9 Å². The third kappa shape index (κ3) is 3.72. The molecule has 3 aromatic carbocycles. The van der Waals surface area contributed by atoms with Crippen LogP contribution in [0.3, 0.4) is 0 Å². The summed E-state index contributed by atoms with van der Waals surface area (Å²) in [7, 11) is 0. The van der Waals surface area contributed by atoms with Gasteiger partial charge in [-0.15, -0.1) is 0 Å². The average Bonchev–Trinajstić information content (AvgIpc) is 3.15. The number of aryl methyl sites for hydroxylation is 2. The van der Waals surface area contributed by atoms with Crippen molar-refractivity contribution < 1.29 is 13.6 Å². The maximum Gasteiger partial charge on any atom is 0.274 e. The molecular weight excluding hydrogens is 384 g/mol. The van der Waals surface area contributed by atoms with Gasteiger partial charge in [-0.25, -0.2) is 13.5 Å². The summed E-state index contributed by atoms with van der Waals surface area (Å²) >= 11 is 0. The van der Waals surface area contributed by atoms with Crippen molar-refractivity contribution in [3.8, 4) is 16.9 Å². The van der Waals surface area contributed by atoms with Gasteiger partial charge in [0.1, 0.15) is 17.3 Å². The molecule has 0 fully saturated rings. The number of hydrogen-bond donors (Lipinski definition) is 1. The molecular formula is C24H19F2N3O. The average molecular weight is 403 g/mol. The van der Waals surface area contributed by atoms with E-state index >= 15 is 0 Å². The summed E-state index contributed by atoms with van der Waals surface area (Å²) < 4.78 is 29.9. The van der Waals surface area contributed by atoms with Crippen molar-refractivity contribution in [2.75, 3.05) is 5.32 Å². The lowest BCUT2D eigenvalue weighted by molar-refractivity contribution is 0.101. The summed E-state index contributed by atoms with van der Waals surface area (Å²) in [6.07, 6.45) is 0. The second-order valence-electron chi connectivity index (χ2n) is 7.03. The topological polar surface area (TPSA) is 46.9 Å². The molecule has 30 heavy (non-hydrogen) atoms. The summed E-state index contributed by atoms with van der Waals surface area (Å²) in [5, 5.41) is 7.09. The number of para-hydroxylation sites is 1. The van der Waals surface area contributed by atoms with Gasteiger partial charge in [0.25, 0.3) is 5.91 Å². The van der Waals surface area contributed by atoms with Crippen LogP contribution in [0.25, 0.3) is 16.9 Å². The number of carbonyl (C=O) groups is 1. The van der Waals surface area contributed by atoms with Gasteiger partial charge < -0.3 is 5.32 Å². The maximum atomic E-state index is 14.4. The van der Waals surface area contributed by atoms with Crippen molar-refractivity contribution in [2.24, 2.45) is 0 Å². The number of amides is 1. The molecule has 0 bridgehead atoms. The van der Waals surface area contributed by atoms with Crippen molar-refractivity contribution in [3.63, 3.8) is 0 Å². The molecule has 0 aliphatic heterocycles. The molecule has 0 atom stereocenters. The molecule has 0 unspecified atom stereocenters. The smallest absolute Gasteiger partial charge is 0.274 e. The van der Waals surface area contributed by atoms with Crippen molar-refractivity contribution in [2.45, 2.75) is 13.8 Å². The Morgan fingerprint density at radius 2 is 1.60 bits per heavy atom. The number of carbonyl (C=O) groups excluding carboxylic acids is 1. The van der Waals surface area contributed by atoms with E-state index in [1.165, 1.54) is 28.9 Å². The summed E-state index contributed by atoms with van der Waals surface area (Å²) in [6, 6.07) is 19.4. The minimum absolute atomic E-state index is 0.0586. The number of benzene rings is 3. The molecule has 4 nitrogen and oxygen atoms in total. The van der Waals surface area contributed by atoms with Crippen LogP contribution in [0.15, 0.2) is 72.8 Å². The number of halogens is 2. The van der Waals surface area contributed by atoms with E-state index < -0.39 is 17.5 Å². The first kappa shape index (κ1) is 19.5. The van der Waals surface area contributed by atoms with E-state index in [0.717, 1.165) is 11.1 Å². The van der Waals surface area contributed by atoms with Gasteiger partial charge in [0.15, 0.2) is 0 Å². The van der Waals surface area contributed by atoms with Crippen molar-refractivity contribution in [1.82, 2.24) is 9.78 Å². The maximum absolute atomic E-state index is 14.4. The van der Waals surface area contributed by atoms with Gasteiger partial charge in [-0.3, -0.25) is 4.79 Å². The molecule has 0 saturated carbocycles. The lowest BCUT2D eigenvalue weighted by Gasteiger charge is -2.11. The minimum atomic E-state index is -0.546. The molecule has 1 aromatic heterocycles. The molecule has 1 amide bonds. The van der Waals surface area contributed by atoms with Crippen molar-refractivity contribution in [1.29, 1.82) is 0 Å². The van der Waals surface area contributed by atoms with E-state index in [1.807, 2.05) is 32.0 Å². The lowest BCUT2D eigenvalue weighted by Crippen LogP contribution is -2.18. The zero-order valence-electron chi connectivity index (χ0n) is 16.5. The van der Waals surface area contributed by atoms with Gasteiger partial charge in [-0.1, -0.05) is 42.0 Å². The summed E-state index contributed by atoms with van der Waals surface area (Å²) in [6.45, 7) is 3.88. The highest BCUT2D eigenvalue weighted by Crippen LogP contribution is 2.26. The first-order chi connectivity index (χ1) is 14.4. The molecule has 4 aromatic rings. The third-order valence-electron chi connectivity index (χ3n) is 4.79. The lowest BCUT2D eigenvalue weighted by atomic mass is 10.1. The first-order valence-electron chi connectivity index (χ1n) is 9.42. The number of nitrogens with zero attached hydrogens (tertiary/aromatic N) is 2. The van der Waals surface area contributed by atoms with Gasteiger partial charge in [0, 0.05) is 5.56 Å². The third-order valence-corrected chi connectivity index (χ3v) is 4.79. The second kappa shape index (κ2) is 7.91. The molecule has 1 N–H and O–H groups in total. The van der Waals surface area contributed by atoms with E-state index in [9.17, 15) is 13.6 Å². The van der Waals surface area contributed by atoms with Crippen LogP contribution < -0.4 is 5.32 Å². The minimum Gasteiger partial charge on any atom is -0.318 e. The number of rotatable bonds is 4. The van der Waals surface area contributed by atoms with Crippen molar-refractivity contribution in [3.05, 3.63) is 101 Å². The molecule has 150 valence electrons. The fourth-order valence-electron chi connectivity index (χ4n) is 3.32. The zero-order valence-corrected chi connectivity index (χ0v) is 16.5. The first-order valence-corrected chi connectivity index (χ1v) is 9.42. The molecule has 0 saturated heterocycles. The van der Waals surface area contributed by atoms with Crippen LogP contribution in [0.1, 0.15) is 21.6 Å². The van der Waals surface area contributed by atoms with Crippen LogP contribution in [0.2, 0.25) is 0 Å². The predicted molar refractivity (Wildman–Crippen MR) is 113 cm³/mol. The highest BCUT2D eigenvalue weighted by Gasteiger charge is 2.21. The van der Waals surface area contributed by atoms with Crippen LogP contribution in [0.5, 0.6) is 0 Å². The Kier molecular flexibility index (Phi) is 5.14. The fourth-order valence-corrected chi connectivity index (χ4v) is 3.32. The second-order valence-corrected chi connectivity index (χ2v) is 7.03.